The van der Waals surface area contributed by atoms with Crippen molar-refractivity contribution in [2.24, 2.45) is 4.99 Å². The van der Waals surface area contributed by atoms with Gasteiger partial charge in [0.05, 0.1) is 13.2 Å². The van der Waals surface area contributed by atoms with Crippen molar-refractivity contribution in [3.63, 3.8) is 0 Å². The number of benzene rings is 1. The zero-order valence-electron chi connectivity index (χ0n) is 9.43. The van der Waals surface area contributed by atoms with Gasteiger partial charge in [0.25, 0.3) is 0 Å². The number of ether oxygens (including phenoxy) is 1. The molecular weight excluding hydrogens is 204 g/mol. The molecule has 0 bridgehead atoms. The Morgan fingerprint density at radius 1 is 1.56 bits per heavy atom. The van der Waals surface area contributed by atoms with Crippen molar-refractivity contribution in [1.82, 2.24) is 0 Å². The van der Waals surface area contributed by atoms with E-state index in [9.17, 15) is 4.79 Å². The molecule has 0 fully saturated rings. The number of aliphatic imine (C=N–C) groups is 1. The highest BCUT2D eigenvalue weighted by atomic mass is 16.5. The Morgan fingerprint density at radius 3 is 3.06 bits per heavy atom. The standard InChI is InChI=1S/C12H14N2O2/c1-14-6-5-11(13-8-15)10-4-3-9(16-2)7-12(10)14/h3-4,7,11H,5-6H2,1-2H3. The molecule has 1 unspecified atom stereocenters. The molecule has 1 aliphatic heterocycles. The van der Waals surface area contributed by atoms with E-state index < -0.39 is 0 Å². The maximum Gasteiger partial charge on any atom is 0.235 e. The second kappa shape index (κ2) is 4.37. The second-order valence-electron chi connectivity index (χ2n) is 3.87. The molecule has 0 radical (unpaired) electrons. The zero-order valence-corrected chi connectivity index (χ0v) is 9.43. The van der Waals surface area contributed by atoms with E-state index in [2.05, 4.69) is 9.89 Å². The van der Waals surface area contributed by atoms with Gasteiger partial charge in [-0.25, -0.2) is 4.79 Å². The van der Waals surface area contributed by atoms with Gasteiger partial charge in [-0.2, -0.15) is 4.99 Å². The van der Waals surface area contributed by atoms with Crippen LogP contribution in [0.25, 0.3) is 0 Å². The van der Waals surface area contributed by atoms with Crippen molar-refractivity contribution in [2.45, 2.75) is 12.5 Å². The first kappa shape index (κ1) is 10.7. The lowest BCUT2D eigenvalue weighted by molar-refractivity contribution is 0.414. The first-order chi connectivity index (χ1) is 7.76. The number of rotatable bonds is 2. The molecule has 0 amide bonds. The second-order valence-corrected chi connectivity index (χ2v) is 3.87. The van der Waals surface area contributed by atoms with Crippen LogP contribution in [-0.2, 0) is 4.79 Å². The molecule has 1 aromatic rings. The molecule has 0 N–H and O–H groups in total. The van der Waals surface area contributed by atoms with E-state index >= 15 is 0 Å². The predicted molar refractivity (Wildman–Crippen MR) is 61.7 cm³/mol. The summed E-state index contributed by atoms with van der Waals surface area (Å²) in [4.78, 5) is 16.3. The quantitative estimate of drug-likeness (QED) is 0.562. The fourth-order valence-electron chi connectivity index (χ4n) is 2.05. The van der Waals surface area contributed by atoms with Gasteiger partial charge >= 0.3 is 0 Å². The van der Waals surface area contributed by atoms with Crippen LogP contribution in [-0.4, -0.2) is 26.8 Å². The number of hydrogen-bond donors (Lipinski definition) is 0. The summed E-state index contributed by atoms with van der Waals surface area (Å²) in [6, 6.07) is 5.78. The maximum absolute atomic E-state index is 10.4. The van der Waals surface area contributed by atoms with E-state index in [4.69, 9.17) is 4.74 Å². The third kappa shape index (κ3) is 1.79. The van der Waals surface area contributed by atoms with E-state index in [1.807, 2.05) is 25.2 Å². The van der Waals surface area contributed by atoms with Gasteiger partial charge in [-0.05, 0) is 12.5 Å². The van der Waals surface area contributed by atoms with E-state index in [0.29, 0.717) is 0 Å². The third-order valence-corrected chi connectivity index (χ3v) is 2.95. The van der Waals surface area contributed by atoms with Gasteiger partial charge in [0.15, 0.2) is 0 Å². The van der Waals surface area contributed by atoms with Crippen LogP contribution in [0, 0.1) is 0 Å². The lowest BCUT2D eigenvalue weighted by Crippen LogP contribution is -2.26. The van der Waals surface area contributed by atoms with E-state index in [0.717, 1.165) is 30.0 Å². The predicted octanol–water partition coefficient (Wildman–Crippen LogP) is 1.91. The molecule has 0 aliphatic carbocycles. The number of anilines is 1. The van der Waals surface area contributed by atoms with Crippen LogP contribution < -0.4 is 9.64 Å². The molecule has 1 aromatic carbocycles. The zero-order chi connectivity index (χ0) is 11.5. The summed E-state index contributed by atoms with van der Waals surface area (Å²) in [6.45, 7) is 0.885. The Bertz CT molecular complexity index is 439. The van der Waals surface area contributed by atoms with Crippen LogP contribution >= 0.6 is 0 Å². The van der Waals surface area contributed by atoms with Crippen molar-refractivity contribution in [1.29, 1.82) is 0 Å². The van der Waals surface area contributed by atoms with Gasteiger partial charge < -0.3 is 9.64 Å². The normalized spacial score (nSPS) is 18.6. The lowest BCUT2D eigenvalue weighted by atomic mass is 9.97. The summed E-state index contributed by atoms with van der Waals surface area (Å²) in [5.74, 6) is 0.821. The Morgan fingerprint density at radius 2 is 2.38 bits per heavy atom. The van der Waals surface area contributed by atoms with Crippen LogP contribution in [0.15, 0.2) is 23.2 Å². The molecule has 2 rings (SSSR count). The molecule has 0 aromatic heterocycles. The Balaban J connectivity index is 2.46. The summed E-state index contributed by atoms with van der Waals surface area (Å²) in [6.07, 6.45) is 2.50. The Hall–Kier alpha value is -1.80. The summed E-state index contributed by atoms with van der Waals surface area (Å²) in [5, 5.41) is 0. The van der Waals surface area contributed by atoms with Gasteiger partial charge in [-0.1, -0.05) is 6.07 Å². The van der Waals surface area contributed by atoms with Gasteiger partial charge in [-0.15, -0.1) is 0 Å². The SMILES string of the molecule is COc1ccc2c(c1)N(C)CCC2N=C=O. The van der Waals surface area contributed by atoms with Crippen molar-refractivity contribution in [3.05, 3.63) is 23.8 Å². The van der Waals surface area contributed by atoms with Gasteiger partial charge in [-0.3, -0.25) is 0 Å². The molecule has 1 aliphatic rings. The first-order valence-electron chi connectivity index (χ1n) is 5.22. The van der Waals surface area contributed by atoms with Crippen LogP contribution in [0.1, 0.15) is 18.0 Å². The van der Waals surface area contributed by atoms with Crippen LogP contribution in [0.4, 0.5) is 5.69 Å². The molecule has 0 spiro atoms. The molecule has 1 atom stereocenters. The third-order valence-electron chi connectivity index (χ3n) is 2.95. The molecule has 1 heterocycles. The van der Waals surface area contributed by atoms with Crippen molar-refractivity contribution in [2.75, 3.05) is 25.6 Å². The van der Waals surface area contributed by atoms with Crippen LogP contribution in [0.5, 0.6) is 5.75 Å². The highest BCUT2D eigenvalue weighted by Gasteiger charge is 2.23. The summed E-state index contributed by atoms with van der Waals surface area (Å²) in [5.41, 5.74) is 2.15. The summed E-state index contributed by atoms with van der Waals surface area (Å²) >= 11 is 0. The molecule has 0 saturated carbocycles. The number of isocyanates is 1. The van der Waals surface area contributed by atoms with E-state index in [1.165, 1.54) is 0 Å². The lowest BCUT2D eigenvalue weighted by Gasteiger charge is -2.30. The van der Waals surface area contributed by atoms with Gasteiger partial charge in [0.1, 0.15) is 5.75 Å². The smallest absolute Gasteiger partial charge is 0.235 e. The minimum Gasteiger partial charge on any atom is -0.497 e. The number of fused-ring (bicyclic) bond motifs is 1. The van der Waals surface area contributed by atoms with Crippen molar-refractivity contribution >= 4 is 11.8 Å². The minimum atomic E-state index is -0.0605. The molecule has 4 heteroatoms. The molecular formula is C12H14N2O2. The Kier molecular flexibility index (Phi) is 2.93. The highest BCUT2D eigenvalue weighted by molar-refractivity contribution is 5.60. The van der Waals surface area contributed by atoms with E-state index in [-0.39, 0.29) is 6.04 Å². The molecule has 4 nitrogen and oxygen atoms in total. The summed E-state index contributed by atoms with van der Waals surface area (Å²) < 4.78 is 5.19. The number of nitrogens with zero attached hydrogens (tertiary/aromatic N) is 2. The van der Waals surface area contributed by atoms with Crippen molar-refractivity contribution < 1.29 is 9.53 Å². The molecule has 0 saturated heterocycles. The van der Waals surface area contributed by atoms with Crippen molar-refractivity contribution in [3.8, 4) is 5.75 Å². The monoisotopic (exact) mass is 218 g/mol. The Labute approximate surface area is 94.5 Å². The fraction of sp³-hybridized carbons (Fsp3) is 0.417. The van der Waals surface area contributed by atoms with Crippen LogP contribution in [0.3, 0.4) is 0 Å². The largest absolute Gasteiger partial charge is 0.497 e. The maximum atomic E-state index is 10.4. The number of methoxy groups -OCH3 is 1. The first-order valence-corrected chi connectivity index (χ1v) is 5.22. The van der Waals surface area contributed by atoms with Gasteiger partial charge in [0.2, 0.25) is 6.08 Å². The average Bonchev–Trinajstić information content (AvgIpc) is 2.33. The topological polar surface area (TPSA) is 41.9 Å². The highest BCUT2D eigenvalue weighted by Crippen LogP contribution is 2.37. The molecule has 84 valence electrons. The fourth-order valence-corrected chi connectivity index (χ4v) is 2.05. The molecule has 16 heavy (non-hydrogen) atoms. The summed E-state index contributed by atoms with van der Waals surface area (Å²) in [7, 11) is 3.67. The number of carbonyl (C=O) groups excluding carboxylic acids is 1. The average molecular weight is 218 g/mol. The van der Waals surface area contributed by atoms with Gasteiger partial charge in [0, 0.05) is 30.9 Å². The van der Waals surface area contributed by atoms with Crippen LogP contribution in [0.2, 0.25) is 0 Å². The number of hydrogen-bond acceptors (Lipinski definition) is 4. The van der Waals surface area contributed by atoms with E-state index in [1.54, 1.807) is 13.2 Å². The minimum absolute atomic E-state index is 0.0605.